The summed E-state index contributed by atoms with van der Waals surface area (Å²) < 4.78 is 27.6. The number of aryl methyl sites for hydroxylation is 2. The van der Waals surface area contributed by atoms with Gasteiger partial charge < -0.3 is 10.2 Å². The van der Waals surface area contributed by atoms with E-state index in [0.29, 0.717) is 41.5 Å². The van der Waals surface area contributed by atoms with E-state index in [2.05, 4.69) is 5.32 Å². The van der Waals surface area contributed by atoms with Crippen molar-refractivity contribution in [3.8, 4) is 0 Å². The molecule has 1 fully saturated rings. The van der Waals surface area contributed by atoms with Gasteiger partial charge in [0, 0.05) is 38.1 Å². The second kappa shape index (κ2) is 8.96. The molecule has 0 radical (unpaired) electrons. The summed E-state index contributed by atoms with van der Waals surface area (Å²) in [5.74, 6) is -0.353. The second-order valence-electron chi connectivity index (χ2n) is 7.99. The minimum atomic E-state index is -3.56. The Morgan fingerprint density at radius 2 is 1.77 bits per heavy atom. The van der Waals surface area contributed by atoms with E-state index in [1.54, 1.807) is 18.2 Å². The molecule has 0 aromatic heterocycles. The molecule has 0 atom stereocenters. The number of carbonyl (C=O) groups excluding carboxylic acids is 1. The molecular formula is C22H28ClN3O3S. The Kier molecular flexibility index (Phi) is 6.75. The summed E-state index contributed by atoms with van der Waals surface area (Å²) in [4.78, 5) is 15.1. The number of nitrogens with one attached hydrogen (secondary N) is 1. The third-order valence-corrected chi connectivity index (χ3v) is 7.77. The highest BCUT2D eigenvalue weighted by atomic mass is 35.5. The quantitative estimate of drug-likeness (QED) is 0.747. The predicted octanol–water partition coefficient (Wildman–Crippen LogP) is 4.06. The summed E-state index contributed by atoms with van der Waals surface area (Å²) in [5.41, 5.74) is 3.29. The molecule has 8 heteroatoms. The number of benzene rings is 2. The van der Waals surface area contributed by atoms with Gasteiger partial charge in [0.25, 0.3) is 0 Å². The van der Waals surface area contributed by atoms with Crippen molar-refractivity contribution in [2.75, 3.05) is 37.4 Å². The molecule has 1 heterocycles. The highest BCUT2D eigenvalue weighted by Gasteiger charge is 2.33. The molecule has 1 aliphatic rings. The van der Waals surface area contributed by atoms with Gasteiger partial charge in [0.2, 0.25) is 15.9 Å². The molecule has 30 heavy (non-hydrogen) atoms. The van der Waals surface area contributed by atoms with E-state index in [4.69, 9.17) is 11.6 Å². The number of sulfonamides is 1. The zero-order valence-corrected chi connectivity index (χ0v) is 19.3. The van der Waals surface area contributed by atoms with E-state index < -0.39 is 10.0 Å². The molecular weight excluding hydrogens is 422 g/mol. The van der Waals surface area contributed by atoms with Gasteiger partial charge >= 0.3 is 0 Å². The summed E-state index contributed by atoms with van der Waals surface area (Å²) in [5, 5.41) is 3.52. The molecule has 1 amide bonds. The Morgan fingerprint density at radius 1 is 1.10 bits per heavy atom. The van der Waals surface area contributed by atoms with Gasteiger partial charge in [-0.1, -0.05) is 29.3 Å². The fraction of sp³-hybridized carbons (Fsp3) is 0.409. The minimum absolute atomic E-state index is 0.107. The lowest BCUT2D eigenvalue weighted by atomic mass is 9.97. The highest BCUT2D eigenvalue weighted by Crippen LogP contribution is 2.30. The molecule has 1 N–H and O–H groups in total. The molecule has 162 valence electrons. The number of nitrogens with zero attached hydrogens (tertiary/aromatic N) is 2. The van der Waals surface area contributed by atoms with E-state index >= 15 is 0 Å². The zero-order chi connectivity index (χ0) is 22.1. The zero-order valence-electron chi connectivity index (χ0n) is 17.8. The van der Waals surface area contributed by atoms with Crippen LogP contribution in [0.5, 0.6) is 0 Å². The fourth-order valence-electron chi connectivity index (χ4n) is 3.82. The lowest BCUT2D eigenvalue weighted by molar-refractivity contribution is -0.120. The van der Waals surface area contributed by atoms with Gasteiger partial charge in [-0.15, -0.1) is 0 Å². The van der Waals surface area contributed by atoms with Crippen molar-refractivity contribution in [1.29, 1.82) is 0 Å². The van der Waals surface area contributed by atoms with E-state index in [-0.39, 0.29) is 11.8 Å². The Balaban J connectivity index is 1.68. The Hall–Kier alpha value is -2.09. The molecule has 1 saturated heterocycles. The van der Waals surface area contributed by atoms with Crippen molar-refractivity contribution in [3.63, 3.8) is 0 Å². The molecule has 2 aromatic carbocycles. The largest absolute Gasteiger partial charge is 0.376 e. The number of rotatable bonds is 5. The summed E-state index contributed by atoms with van der Waals surface area (Å²) in [6.07, 6.45) is 0.960. The van der Waals surface area contributed by atoms with Crippen molar-refractivity contribution >= 4 is 38.9 Å². The first kappa shape index (κ1) is 22.6. The monoisotopic (exact) mass is 449 g/mol. The molecule has 0 bridgehead atoms. The molecule has 3 rings (SSSR count). The molecule has 1 aliphatic heterocycles. The summed E-state index contributed by atoms with van der Waals surface area (Å²) in [6.45, 7) is 4.40. The van der Waals surface area contributed by atoms with Crippen molar-refractivity contribution in [2.45, 2.75) is 31.6 Å². The normalized spacial score (nSPS) is 15.8. The van der Waals surface area contributed by atoms with Gasteiger partial charge in [0.15, 0.2) is 0 Å². The van der Waals surface area contributed by atoms with Crippen LogP contribution < -0.4 is 10.2 Å². The molecule has 6 nitrogen and oxygen atoms in total. The van der Waals surface area contributed by atoms with Gasteiger partial charge in [0.05, 0.1) is 16.3 Å². The van der Waals surface area contributed by atoms with E-state index in [1.165, 1.54) is 4.31 Å². The number of piperidine rings is 1. The summed E-state index contributed by atoms with van der Waals surface area (Å²) in [6, 6.07) is 10.7. The van der Waals surface area contributed by atoms with Crippen molar-refractivity contribution in [3.05, 3.63) is 52.5 Å². The smallest absolute Gasteiger partial charge is 0.243 e. The van der Waals surface area contributed by atoms with Gasteiger partial charge in [-0.25, -0.2) is 8.42 Å². The van der Waals surface area contributed by atoms with Crippen LogP contribution in [0.1, 0.15) is 24.0 Å². The van der Waals surface area contributed by atoms with Gasteiger partial charge in [0.1, 0.15) is 0 Å². The molecule has 2 aromatic rings. The van der Waals surface area contributed by atoms with Gasteiger partial charge in [-0.3, -0.25) is 4.79 Å². The molecule has 0 saturated carbocycles. The number of carbonyl (C=O) groups is 1. The SMILES string of the molecule is Cc1ccc(S(=O)(=O)N2CCC(C(=O)Nc3cc(Cl)ccc3N(C)C)CC2)c(C)c1. The highest BCUT2D eigenvalue weighted by molar-refractivity contribution is 7.89. The van der Waals surface area contributed by atoms with E-state index in [1.807, 2.05) is 51.0 Å². The topological polar surface area (TPSA) is 69.7 Å². The number of hydrogen-bond donors (Lipinski definition) is 1. The molecule has 0 aliphatic carbocycles. The Labute approximate surface area is 183 Å². The first-order valence-electron chi connectivity index (χ1n) is 9.94. The Bertz CT molecular complexity index is 1050. The number of hydrogen-bond acceptors (Lipinski definition) is 4. The third-order valence-electron chi connectivity index (χ3n) is 5.47. The first-order valence-corrected chi connectivity index (χ1v) is 11.8. The van der Waals surface area contributed by atoms with Crippen LogP contribution in [0.3, 0.4) is 0 Å². The van der Waals surface area contributed by atoms with E-state index in [9.17, 15) is 13.2 Å². The first-order chi connectivity index (χ1) is 14.1. The summed E-state index contributed by atoms with van der Waals surface area (Å²) >= 11 is 6.10. The van der Waals surface area contributed by atoms with Crippen LogP contribution in [-0.2, 0) is 14.8 Å². The predicted molar refractivity (Wildman–Crippen MR) is 122 cm³/mol. The fourth-order valence-corrected chi connectivity index (χ4v) is 5.67. The van der Waals surface area contributed by atoms with Crippen LogP contribution in [-0.4, -0.2) is 45.8 Å². The van der Waals surface area contributed by atoms with Crippen LogP contribution in [0.15, 0.2) is 41.3 Å². The third kappa shape index (κ3) is 4.79. The van der Waals surface area contributed by atoms with Crippen LogP contribution in [0, 0.1) is 19.8 Å². The van der Waals surface area contributed by atoms with Crippen molar-refractivity contribution in [2.24, 2.45) is 5.92 Å². The molecule has 0 spiro atoms. The second-order valence-corrected chi connectivity index (χ2v) is 10.3. The van der Waals surface area contributed by atoms with Crippen molar-refractivity contribution in [1.82, 2.24) is 4.31 Å². The number of anilines is 2. The molecule has 0 unspecified atom stereocenters. The maximum Gasteiger partial charge on any atom is 0.243 e. The van der Waals surface area contributed by atoms with Crippen LogP contribution >= 0.6 is 11.6 Å². The summed E-state index contributed by atoms with van der Waals surface area (Å²) in [7, 11) is 0.233. The average molecular weight is 450 g/mol. The van der Waals surface area contributed by atoms with Crippen LogP contribution in [0.2, 0.25) is 5.02 Å². The average Bonchev–Trinajstić information content (AvgIpc) is 2.67. The lowest BCUT2D eigenvalue weighted by Crippen LogP contribution is -2.41. The standard InChI is InChI=1S/C22H28ClN3O3S/c1-15-5-8-21(16(2)13-15)30(28,29)26-11-9-17(10-12-26)22(27)24-19-14-18(23)6-7-20(19)25(3)4/h5-8,13-14,17H,9-12H2,1-4H3,(H,24,27). The Morgan fingerprint density at radius 3 is 2.37 bits per heavy atom. The van der Waals surface area contributed by atoms with Crippen LogP contribution in [0.25, 0.3) is 0 Å². The van der Waals surface area contributed by atoms with Gasteiger partial charge in [-0.2, -0.15) is 4.31 Å². The van der Waals surface area contributed by atoms with Crippen molar-refractivity contribution < 1.29 is 13.2 Å². The van der Waals surface area contributed by atoms with Gasteiger partial charge in [-0.05, 0) is 56.5 Å². The lowest BCUT2D eigenvalue weighted by Gasteiger charge is -2.31. The maximum absolute atomic E-state index is 13.0. The van der Waals surface area contributed by atoms with Crippen LogP contribution in [0.4, 0.5) is 11.4 Å². The maximum atomic E-state index is 13.0. The number of amides is 1. The van der Waals surface area contributed by atoms with E-state index in [0.717, 1.165) is 16.8 Å². The number of halogens is 1. The minimum Gasteiger partial charge on any atom is -0.376 e.